The van der Waals surface area contributed by atoms with Gasteiger partial charge in [-0.2, -0.15) is 0 Å². The lowest BCUT2D eigenvalue weighted by Crippen LogP contribution is -2.08. The number of nitrogens with zero attached hydrogens (tertiary/aromatic N) is 1. The molecule has 0 aliphatic carbocycles. The van der Waals surface area contributed by atoms with Crippen molar-refractivity contribution in [1.29, 1.82) is 0 Å². The van der Waals surface area contributed by atoms with Gasteiger partial charge in [0, 0.05) is 28.8 Å². The van der Waals surface area contributed by atoms with Crippen molar-refractivity contribution in [2.24, 2.45) is 0 Å². The van der Waals surface area contributed by atoms with Gasteiger partial charge in [0.25, 0.3) is 0 Å². The van der Waals surface area contributed by atoms with Gasteiger partial charge in [0.15, 0.2) is 0 Å². The van der Waals surface area contributed by atoms with Crippen LogP contribution in [-0.4, -0.2) is 19.8 Å². The number of halogens is 1. The molecule has 1 aliphatic rings. The standard InChI is InChI=1S/C15H18BrNOS.C8H18O/c1-4-8-18-13-6-7-14-15(9-13)19-11(3)17(14)10-12(16)5-2;1-3-5-6-8-9-7-4-2/h6-7,9-10H,3-5,8H2,1-2H3;3-8H2,1-2H3/b12-10+;. The summed E-state index contributed by atoms with van der Waals surface area (Å²) in [7, 11) is 0. The fourth-order valence-corrected chi connectivity index (χ4v) is 3.62. The van der Waals surface area contributed by atoms with E-state index in [4.69, 9.17) is 9.47 Å². The Morgan fingerprint density at radius 3 is 2.46 bits per heavy atom. The maximum absolute atomic E-state index is 5.67. The average molecular weight is 471 g/mol. The molecule has 0 aromatic heterocycles. The Labute approximate surface area is 184 Å². The molecule has 0 atom stereocenters. The molecular formula is C23H36BrNO2S. The van der Waals surface area contributed by atoms with Crippen LogP contribution in [0.25, 0.3) is 0 Å². The van der Waals surface area contributed by atoms with E-state index in [2.05, 4.69) is 73.4 Å². The quantitative estimate of drug-likeness (QED) is 0.305. The van der Waals surface area contributed by atoms with Crippen LogP contribution in [0.4, 0.5) is 5.69 Å². The van der Waals surface area contributed by atoms with Crippen LogP contribution in [0.2, 0.25) is 0 Å². The number of anilines is 1. The Balaban J connectivity index is 0.000000370. The van der Waals surface area contributed by atoms with Crippen molar-refractivity contribution in [1.82, 2.24) is 0 Å². The number of thioether (sulfide) groups is 1. The first-order chi connectivity index (χ1) is 13.6. The van der Waals surface area contributed by atoms with E-state index in [-0.39, 0.29) is 0 Å². The number of rotatable bonds is 11. The average Bonchev–Trinajstić information content (AvgIpc) is 3.01. The maximum atomic E-state index is 5.67. The predicted octanol–water partition coefficient (Wildman–Crippen LogP) is 8.11. The van der Waals surface area contributed by atoms with E-state index in [1.54, 1.807) is 11.8 Å². The zero-order chi connectivity index (χ0) is 20.8. The summed E-state index contributed by atoms with van der Waals surface area (Å²) in [4.78, 5) is 3.32. The molecule has 28 heavy (non-hydrogen) atoms. The normalized spacial score (nSPS) is 13.2. The minimum atomic E-state index is 0.759. The van der Waals surface area contributed by atoms with Gasteiger partial charge in [-0.25, -0.2) is 0 Å². The molecule has 0 spiro atoms. The Morgan fingerprint density at radius 1 is 1.07 bits per heavy atom. The Hall–Kier alpha value is -0.910. The monoisotopic (exact) mass is 469 g/mol. The number of allylic oxidation sites excluding steroid dienone is 1. The lowest BCUT2D eigenvalue weighted by molar-refractivity contribution is 0.131. The third-order valence-electron chi connectivity index (χ3n) is 4.01. The van der Waals surface area contributed by atoms with Gasteiger partial charge in [0.2, 0.25) is 0 Å². The summed E-state index contributed by atoms with van der Waals surface area (Å²) in [6, 6.07) is 6.21. The number of ether oxygens (including phenoxy) is 2. The highest BCUT2D eigenvalue weighted by Gasteiger charge is 2.23. The van der Waals surface area contributed by atoms with Gasteiger partial charge < -0.3 is 14.4 Å². The van der Waals surface area contributed by atoms with E-state index in [1.165, 1.54) is 29.8 Å². The van der Waals surface area contributed by atoms with E-state index < -0.39 is 0 Å². The van der Waals surface area contributed by atoms with Crippen molar-refractivity contribution >= 4 is 33.4 Å². The van der Waals surface area contributed by atoms with E-state index in [0.29, 0.717) is 0 Å². The van der Waals surface area contributed by atoms with Gasteiger partial charge in [-0.3, -0.25) is 0 Å². The predicted molar refractivity (Wildman–Crippen MR) is 128 cm³/mol. The Morgan fingerprint density at radius 2 is 1.82 bits per heavy atom. The van der Waals surface area contributed by atoms with Crippen molar-refractivity contribution in [2.75, 3.05) is 24.7 Å². The topological polar surface area (TPSA) is 21.7 Å². The summed E-state index contributed by atoms with van der Waals surface area (Å²) in [6.45, 7) is 15.3. The molecule has 0 N–H and O–H groups in total. The van der Waals surface area contributed by atoms with E-state index >= 15 is 0 Å². The summed E-state index contributed by atoms with van der Waals surface area (Å²) >= 11 is 5.24. The van der Waals surface area contributed by atoms with Crippen molar-refractivity contribution in [3.63, 3.8) is 0 Å². The first-order valence-corrected chi connectivity index (χ1v) is 12.0. The molecule has 0 amide bonds. The number of hydrogen-bond donors (Lipinski definition) is 0. The minimum absolute atomic E-state index is 0.759. The first kappa shape index (κ1) is 25.1. The van der Waals surface area contributed by atoms with E-state index in [9.17, 15) is 0 Å². The molecule has 0 bridgehead atoms. The highest BCUT2D eigenvalue weighted by molar-refractivity contribution is 9.11. The molecule has 5 heteroatoms. The second-order valence-electron chi connectivity index (χ2n) is 6.59. The molecule has 0 saturated carbocycles. The van der Waals surface area contributed by atoms with Gasteiger partial charge >= 0.3 is 0 Å². The van der Waals surface area contributed by atoms with E-state index in [0.717, 1.165) is 54.3 Å². The Bertz CT molecular complexity index is 613. The number of hydrogen-bond acceptors (Lipinski definition) is 4. The molecule has 1 aromatic carbocycles. The second kappa shape index (κ2) is 15.0. The van der Waals surface area contributed by atoms with Gasteiger partial charge in [-0.1, -0.05) is 74.8 Å². The smallest absolute Gasteiger partial charge is 0.120 e. The summed E-state index contributed by atoms with van der Waals surface area (Å²) < 4.78 is 12.1. The number of unbranched alkanes of at least 4 members (excludes halogenated alkanes) is 2. The fraction of sp³-hybridized carbons (Fsp3) is 0.565. The zero-order valence-electron chi connectivity index (χ0n) is 17.9. The van der Waals surface area contributed by atoms with Crippen LogP contribution in [0.15, 0.2) is 45.4 Å². The van der Waals surface area contributed by atoms with Crippen molar-refractivity contribution in [3.8, 4) is 5.75 Å². The van der Waals surface area contributed by atoms with Crippen LogP contribution in [-0.2, 0) is 4.74 Å². The van der Waals surface area contributed by atoms with Gasteiger partial charge in [0.1, 0.15) is 5.75 Å². The molecule has 1 aliphatic heterocycles. The van der Waals surface area contributed by atoms with Crippen LogP contribution in [0.3, 0.4) is 0 Å². The summed E-state index contributed by atoms with van der Waals surface area (Å²) in [5.74, 6) is 0.932. The number of benzene rings is 1. The first-order valence-electron chi connectivity index (χ1n) is 10.4. The van der Waals surface area contributed by atoms with Crippen LogP contribution >= 0.6 is 27.7 Å². The van der Waals surface area contributed by atoms with Gasteiger partial charge in [0.05, 0.1) is 17.3 Å². The van der Waals surface area contributed by atoms with Crippen molar-refractivity contribution < 1.29 is 9.47 Å². The molecule has 158 valence electrons. The molecule has 3 nitrogen and oxygen atoms in total. The summed E-state index contributed by atoms with van der Waals surface area (Å²) in [5, 5.41) is 1.02. The fourth-order valence-electron chi connectivity index (χ4n) is 2.47. The SMILES string of the molecule is C=C1Sc2cc(OCCC)ccc2N1/C=C(/Br)CC.CCCCCOCCC. The third kappa shape index (κ3) is 9.06. The summed E-state index contributed by atoms with van der Waals surface area (Å²) in [5.41, 5.74) is 1.17. The lowest BCUT2D eigenvalue weighted by Gasteiger charge is -2.15. The van der Waals surface area contributed by atoms with Gasteiger partial charge in [-0.15, -0.1) is 0 Å². The molecule has 0 unspecified atom stereocenters. The van der Waals surface area contributed by atoms with Crippen LogP contribution < -0.4 is 9.64 Å². The van der Waals surface area contributed by atoms with Crippen LogP contribution in [0.5, 0.6) is 5.75 Å². The molecule has 1 aromatic rings. The maximum Gasteiger partial charge on any atom is 0.120 e. The van der Waals surface area contributed by atoms with Gasteiger partial charge in [-0.05, 0) is 43.9 Å². The molecule has 0 saturated heterocycles. The molecule has 0 radical (unpaired) electrons. The summed E-state index contributed by atoms with van der Waals surface area (Å²) in [6.07, 6.45) is 9.06. The molecule has 0 fully saturated rings. The Kier molecular flexibility index (Phi) is 13.5. The van der Waals surface area contributed by atoms with E-state index in [1.807, 2.05) is 6.07 Å². The minimum Gasteiger partial charge on any atom is -0.494 e. The van der Waals surface area contributed by atoms with Crippen LogP contribution in [0.1, 0.15) is 66.2 Å². The van der Waals surface area contributed by atoms with Crippen LogP contribution in [0, 0.1) is 0 Å². The highest BCUT2D eigenvalue weighted by Crippen LogP contribution is 2.47. The second-order valence-corrected chi connectivity index (χ2v) is 8.73. The molecular weight excluding hydrogens is 434 g/mol. The third-order valence-corrected chi connectivity index (χ3v) is 5.75. The zero-order valence-corrected chi connectivity index (χ0v) is 20.3. The molecule has 1 heterocycles. The molecule has 2 rings (SSSR count). The highest BCUT2D eigenvalue weighted by atomic mass is 79.9. The van der Waals surface area contributed by atoms with Crippen molar-refractivity contribution in [3.05, 3.63) is 40.5 Å². The lowest BCUT2D eigenvalue weighted by atomic mass is 10.3. The number of fused-ring (bicyclic) bond motifs is 1. The largest absolute Gasteiger partial charge is 0.494 e. The van der Waals surface area contributed by atoms with Crippen molar-refractivity contribution in [2.45, 2.75) is 71.1 Å².